The van der Waals surface area contributed by atoms with E-state index in [1.165, 1.54) is 49.2 Å². The number of hydrogen-bond donors (Lipinski definition) is 1. The van der Waals surface area contributed by atoms with Gasteiger partial charge in [-0.05, 0) is 50.3 Å². The molecule has 1 heterocycles. The Balaban J connectivity index is 0.000000357. The van der Waals surface area contributed by atoms with Crippen LogP contribution in [0.2, 0.25) is 0 Å². The lowest BCUT2D eigenvalue weighted by Crippen LogP contribution is -2.30. The van der Waals surface area contributed by atoms with Crippen LogP contribution >= 0.6 is 0 Å². The fourth-order valence-corrected chi connectivity index (χ4v) is 2.21. The summed E-state index contributed by atoms with van der Waals surface area (Å²) >= 11 is -2.36. The van der Waals surface area contributed by atoms with Crippen LogP contribution in [0, 0.1) is 13.8 Å². The van der Waals surface area contributed by atoms with E-state index >= 15 is 0 Å². The highest BCUT2D eigenvalue weighted by Crippen LogP contribution is 2.25. The van der Waals surface area contributed by atoms with Crippen molar-refractivity contribution in [2.24, 2.45) is 5.14 Å². The molecule has 0 amide bonds. The molecule has 0 saturated carbocycles. The van der Waals surface area contributed by atoms with E-state index in [0.717, 1.165) is 0 Å². The monoisotopic (exact) mass is 269 g/mol. The Bertz CT molecular complexity index is 400. The average molecular weight is 269 g/mol. The van der Waals surface area contributed by atoms with Crippen molar-refractivity contribution in [1.29, 1.82) is 0 Å². The molecule has 1 aliphatic rings. The van der Waals surface area contributed by atoms with Gasteiger partial charge in [-0.25, -0.2) is 0 Å². The van der Waals surface area contributed by atoms with E-state index in [0.29, 0.717) is 0 Å². The lowest BCUT2D eigenvalue weighted by atomic mass is 10.0. The number of benzene rings is 1. The first kappa shape index (κ1) is 15.1. The second-order valence-corrected chi connectivity index (χ2v) is 5.05. The molecule has 102 valence electrons. The summed E-state index contributed by atoms with van der Waals surface area (Å²) < 4.78 is 17.6. The molecule has 18 heavy (non-hydrogen) atoms. The topological polar surface area (TPSA) is 69.4 Å². The van der Waals surface area contributed by atoms with Crippen LogP contribution in [0.5, 0.6) is 0 Å². The summed E-state index contributed by atoms with van der Waals surface area (Å²) in [5, 5.41) is 4.03. The normalized spacial score (nSPS) is 16.8. The first-order valence-electron chi connectivity index (χ1n) is 6.17. The van der Waals surface area contributed by atoms with Crippen LogP contribution in [0.25, 0.3) is 0 Å². The molecule has 0 aliphatic carbocycles. The SMILES string of the molecule is Cc1cccc(N2CCCCC2)c1C.NS(=O)[O-]. The van der Waals surface area contributed by atoms with Crippen LogP contribution in [0.4, 0.5) is 5.69 Å². The quantitative estimate of drug-likeness (QED) is 0.793. The third-order valence-electron chi connectivity index (χ3n) is 3.27. The zero-order valence-electron chi connectivity index (χ0n) is 11.0. The van der Waals surface area contributed by atoms with Gasteiger partial charge >= 0.3 is 0 Å². The van der Waals surface area contributed by atoms with Crippen LogP contribution in [-0.4, -0.2) is 21.9 Å². The number of nitrogens with two attached hydrogens (primary N) is 1. The van der Waals surface area contributed by atoms with Crippen molar-refractivity contribution >= 4 is 17.0 Å². The van der Waals surface area contributed by atoms with E-state index in [1.54, 1.807) is 0 Å². The van der Waals surface area contributed by atoms with E-state index in [9.17, 15) is 0 Å². The highest BCUT2D eigenvalue weighted by Gasteiger charge is 2.12. The smallest absolute Gasteiger partial charge is 0.0398 e. The second-order valence-electron chi connectivity index (χ2n) is 4.53. The Hall–Kier alpha value is -0.910. The van der Waals surface area contributed by atoms with Gasteiger partial charge in [-0.1, -0.05) is 12.1 Å². The minimum Gasteiger partial charge on any atom is -0.760 e. The fourth-order valence-electron chi connectivity index (χ4n) is 2.21. The van der Waals surface area contributed by atoms with E-state index < -0.39 is 11.3 Å². The molecule has 1 saturated heterocycles. The summed E-state index contributed by atoms with van der Waals surface area (Å²) in [6.45, 7) is 6.91. The minimum absolute atomic E-state index is 1.24. The lowest BCUT2D eigenvalue weighted by molar-refractivity contribution is 0.539. The molecule has 0 bridgehead atoms. The predicted octanol–water partition coefficient (Wildman–Crippen LogP) is 2.03. The second kappa shape index (κ2) is 7.51. The van der Waals surface area contributed by atoms with Gasteiger partial charge in [-0.2, -0.15) is 0 Å². The Labute approximate surface area is 112 Å². The molecule has 1 unspecified atom stereocenters. The van der Waals surface area contributed by atoms with Crippen LogP contribution in [0.1, 0.15) is 30.4 Å². The maximum atomic E-state index is 8.78. The van der Waals surface area contributed by atoms with Crippen molar-refractivity contribution in [3.8, 4) is 0 Å². The number of hydrogen-bond acceptors (Lipinski definition) is 3. The maximum Gasteiger partial charge on any atom is 0.0398 e. The van der Waals surface area contributed by atoms with E-state index in [2.05, 4.69) is 42.1 Å². The standard InChI is InChI=1S/C13H19N.H3NO2S/c1-11-7-6-8-13(12(11)2)14-9-4-3-5-10-14;1-4(2)3/h6-8H,3-5,9-10H2,1-2H3;1H2,(H,2,3)/p-1. The van der Waals surface area contributed by atoms with Crippen LogP contribution in [0.15, 0.2) is 18.2 Å². The molecule has 1 aliphatic heterocycles. The molecule has 1 aromatic carbocycles. The molecule has 5 heteroatoms. The van der Waals surface area contributed by atoms with Gasteiger partial charge in [0.25, 0.3) is 0 Å². The van der Waals surface area contributed by atoms with Crippen molar-refractivity contribution < 1.29 is 8.76 Å². The molecule has 2 rings (SSSR count). The minimum atomic E-state index is -2.36. The highest BCUT2D eigenvalue weighted by atomic mass is 32.2. The van der Waals surface area contributed by atoms with Gasteiger partial charge in [-0.3, -0.25) is 9.35 Å². The summed E-state index contributed by atoms with van der Waals surface area (Å²) in [7, 11) is 0. The molecule has 0 aromatic heterocycles. The van der Waals surface area contributed by atoms with Gasteiger partial charge in [-0.15, -0.1) is 0 Å². The van der Waals surface area contributed by atoms with Crippen molar-refractivity contribution in [3.05, 3.63) is 29.3 Å². The Morgan fingerprint density at radius 2 is 1.78 bits per heavy atom. The molecule has 1 fully saturated rings. The Kier molecular flexibility index (Phi) is 6.32. The van der Waals surface area contributed by atoms with Crippen molar-refractivity contribution in [1.82, 2.24) is 0 Å². The molecule has 2 N–H and O–H groups in total. The molecule has 4 nitrogen and oxygen atoms in total. The van der Waals surface area contributed by atoms with E-state index in [4.69, 9.17) is 8.76 Å². The summed E-state index contributed by atoms with van der Waals surface area (Å²) in [5.74, 6) is 0. The molecule has 0 radical (unpaired) electrons. The third-order valence-corrected chi connectivity index (χ3v) is 3.27. The summed E-state index contributed by atoms with van der Waals surface area (Å²) in [6.07, 6.45) is 4.11. The van der Waals surface area contributed by atoms with Crippen molar-refractivity contribution in [2.45, 2.75) is 33.1 Å². The maximum absolute atomic E-state index is 8.78. The van der Waals surface area contributed by atoms with Gasteiger partial charge in [0.1, 0.15) is 0 Å². The fraction of sp³-hybridized carbons (Fsp3) is 0.538. The first-order valence-corrected chi connectivity index (χ1v) is 7.31. The summed E-state index contributed by atoms with van der Waals surface area (Å²) in [5.41, 5.74) is 4.31. The Morgan fingerprint density at radius 3 is 2.33 bits per heavy atom. The molecule has 0 spiro atoms. The molecule has 1 aromatic rings. The van der Waals surface area contributed by atoms with Crippen molar-refractivity contribution in [3.63, 3.8) is 0 Å². The number of piperidine rings is 1. The largest absolute Gasteiger partial charge is 0.760 e. The third kappa shape index (κ3) is 4.76. The van der Waals surface area contributed by atoms with Crippen LogP contribution < -0.4 is 10.0 Å². The molecular formula is C13H21N2O2S-. The zero-order valence-corrected chi connectivity index (χ0v) is 11.8. The average Bonchev–Trinajstić information content (AvgIpc) is 2.33. The summed E-state index contributed by atoms with van der Waals surface area (Å²) in [4.78, 5) is 2.53. The Morgan fingerprint density at radius 1 is 1.22 bits per heavy atom. The first-order chi connectivity index (χ1) is 8.52. The zero-order chi connectivity index (χ0) is 13.5. The van der Waals surface area contributed by atoms with E-state index in [1.807, 2.05) is 0 Å². The van der Waals surface area contributed by atoms with Gasteiger partial charge in [0.05, 0.1) is 0 Å². The van der Waals surface area contributed by atoms with E-state index in [-0.39, 0.29) is 0 Å². The van der Waals surface area contributed by atoms with Gasteiger partial charge < -0.3 is 9.45 Å². The van der Waals surface area contributed by atoms with Gasteiger partial charge in [0, 0.05) is 30.0 Å². The lowest BCUT2D eigenvalue weighted by Gasteiger charge is -2.30. The highest BCUT2D eigenvalue weighted by molar-refractivity contribution is 7.76. The number of rotatable bonds is 1. The van der Waals surface area contributed by atoms with Gasteiger partial charge in [0.2, 0.25) is 0 Å². The predicted molar refractivity (Wildman–Crippen MR) is 75.1 cm³/mol. The number of nitrogens with zero attached hydrogens (tertiary/aromatic N) is 1. The number of anilines is 1. The van der Waals surface area contributed by atoms with Crippen molar-refractivity contribution in [2.75, 3.05) is 18.0 Å². The molecular weight excluding hydrogens is 248 g/mol. The number of aryl methyl sites for hydroxylation is 1. The molecule has 1 atom stereocenters. The van der Waals surface area contributed by atoms with Gasteiger partial charge in [0.15, 0.2) is 0 Å². The summed E-state index contributed by atoms with van der Waals surface area (Å²) in [6, 6.07) is 6.63. The van der Waals surface area contributed by atoms with Crippen LogP contribution in [0.3, 0.4) is 0 Å². The van der Waals surface area contributed by atoms with Crippen LogP contribution in [-0.2, 0) is 11.3 Å².